The molecular formula is C27H19NO3. The Hall–Kier alpha value is -4.18. The molecule has 0 aliphatic rings. The van der Waals surface area contributed by atoms with Crippen molar-refractivity contribution >= 4 is 33.3 Å². The molecule has 5 aromatic rings. The van der Waals surface area contributed by atoms with Crippen molar-refractivity contribution in [3.05, 3.63) is 112 Å². The van der Waals surface area contributed by atoms with E-state index in [4.69, 9.17) is 4.42 Å². The lowest BCUT2D eigenvalue weighted by atomic mass is 10.1. The lowest BCUT2D eigenvalue weighted by Gasteiger charge is -2.09. The first-order valence-corrected chi connectivity index (χ1v) is 10.0. The van der Waals surface area contributed by atoms with Gasteiger partial charge in [-0.1, -0.05) is 60.2 Å². The number of benzene rings is 4. The maximum atomic E-state index is 12.8. The molecule has 0 unspecified atom stereocenters. The van der Waals surface area contributed by atoms with Gasteiger partial charge in [0.1, 0.15) is 11.3 Å². The van der Waals surface area contributed by atoms with E-state index >= 15 is 0 Å². The molecule has 0 atom stereocenters. The quantitative estimate of drug-likeness (QED) is 0.390. The molecule has 4 heteroatoms. The molecule has 0 saturated heterocycles. The van der Waals surface area contributed by atoms with Crippen LogP contribution in [-0.4, -0.2) is 5.91 Å². The van der Waals surface area contributed by atoms with E-state index in [1.807, 2.05) is 67.6 Å². The normalized spacial score (nSPS) is 11.0. The van der Waals surface area contributed by atoms with Gasteiger partial charge >= 0.3 is 0 Å². The van der Waals surface area contributed by atoms with Crippen molar-refractivity contribution in [3.63, 3.8) is 0 Å². The highest BCUT2D eigenvalue weighted by atomic mass is 16.3. The molecular weight excluding hydrogens is 386 g/mol. The third-order valence-corrected chi connectivity index (χ3v) is 5.35. The number of fused-ring (bicyclic) bond motifs is 2. The van der Waals surface area contributed by atoms with E-state index in [0.717, 1.165) is 27.6 Å². The summed E-state index contributed by atoms with van der Waals surface area (Å²) in [5, 5.41) is 5.61. The Morgan fingerprint density at radius 3 is 2.42 bits per heavy atom. The van der Waals surface area contributed by atoms with Crippen LogP contribution in [0.15, 0.2) is 100 Å². The Balaban J connectivity index is 1.43. The van der Waals surface area contributed by atoms with Gasteiger partial charge in [0.25, 0.3) is 5.91 Å². The lowest BCUT2D eigenvalue weighted by molar-refractivity contribution is 0.102. The highest BCUT2D eigenvalue weighted by Crippen LogP contribution is 2.25. The first-order chi connectivity index (χ1) is 15.1. The van der Waals surface area contributed by atoms with Crippen molar-refractivity contribution in [2.24, 2.45) is 0 Å². The van der Waals surface area contributed by atoms with Crippen LogP contribution in [0.3, 0.4) is 0 Å². The van der Waals surface area contributed by atoms with E-state index in [9.17, 15) is 9.59 Å². The fraction of sp³-hybridized carbons (Fsp3) is 0.0370. The largest absolute Gasteiger partial charge is 0.456 e. The summed E-state index contributed by atoms with van der Waals surface area (Å²) >= 11 is 0. The van der Waals surface area contributed by atoms with Crippen LogP contribution in [0.4, 0.5) is 5.69 Å². The number of carbonyl (C=O) groups excluding carboxylic acids is 1. The molecule has 1 N–H and O–H groups in total. The topological polar surface area (TPSA) is 59.3 Å². The van der Waals surface area contributed by atoms with E-state index in [-0.39, 0.29) is 11.3 Å². The maximum Gasteiger partial charge on any atom is 0.255 e. The van der Waals surface area contributed by atoms with Crippen LogP contribution in [0.5, 0.6) is 0 Å². The van der Waals surface area contributed by atoms with Crippen molar-refractivity contribution in [2.45, 2.75) is 6.92 Å². The van der Waals surface area contributed by atoms with Crippen LogP contribution in [0.2, 0.25) is 0 Å². The zero-order valence-electron chi connectivity index (χ0n) is 16.9. The first kappa shape index (κ1) is 18.8. The fourth-order valence-corrected chi connectivity index (χ4v) is 3.73. The molecule has 0 bridgehead atoms. The number of hydrogen-bond donors (Lipinski definition) is 1. The third kappa shape index (κ3) is 3.60. The SMILES string of the molecule is Cc1ccc2oc(-c3ccc(C(=O)Nc4cccc5ccccc45)cc3)cc(=O)c2c1. The van der Waals surface area contributed by atoms with Gasteiger partial charge in [0.2, 0.25) is 0 Å². The predicted molar refractivity (Wildman–Crippen MR) is 125 cm³/mol. The number of carbonyl (C=O) groups is 1. The second-order valence-corrected chi connectivity index (χ2v) is 7.53. The van der Waals surface area contributed by atoms with Crippen molar-refractivity contribution in [3.8, 4) is 11.3 Å². The van der Waals surface area contributed by atoms with Gasteiger partial charge in [0.15, 0.2) is 5.43 Å². The standard InChI is InChI=1S/C27H19NO3/c1-17-9-14-25-22(15-17)24(29)16-26(31-25)19-10-12-20(13-11-19)27(30)28-23-8-4-6-18-5-2-3-7-21(18)23/h2-16H,1H3,(H,28,30). The van der Waals surface area contributed by atoms with Crippen LogP contribution >= 0.6 is 0 Å². The van der Waals surface area contributed by atoms with Crippen molar-refractivity contribution < 1.29 is 9.21 Å². The number of amides is 1. The van der Waals surface area contributed by atoms with Gasteiger partial charge in [-0.3, -0.25) is 9.59 Å². The summed E-state index contributed by atoms with van der Waals surface area (Å²) in [6.07, 6.45) is 0. The number of anilines is 1. The van der Waals surface area contributed by atoms with Crippen LogP contribution in [0, 0.1) is 6.92 Å². The van der Waals surface area contributed by atoms with E-state index in [2.05, 4.69) is 5.32 Å². The molecule has 0 aliphatic carbocycles. The van der Waals surface area contributed by atoms with Gasteiger partial charge in [-0.05, 0) is 42.6 Å². The summed E-state index contributed by atoms with van der Waals surface area (Å²) < 4.78 is 5.93. The van der Waals surface area contributed by atoms with Crippen LogP contribution in [0.1, 0.15) is 15.9 Å². The third-order valence-electron chi connectivity index (χ3n) is 5.35. The van der Waals surface area contributed by atoms with Gasteiger partial charge in [0.05, 0.1) is 5.39 Å². The van der Waals surface area contributed by atoms with Crippen molar-refractivity contribution in [1.82, 2.24) is 0 Å². The highest BCUT2D eigenvalue weighted by molar-refractivity contribution is 6.09. The molecule has 31 heavy (non-hydrogen) atoms. The molecule has 0 aliphatic heterocycles. The average molecular weight is 405 g/mol. The summed E-state index contributed by atoms with van der Waals surface area (Å²) in [6, 6.07) is 27.8. The van der Waals surface area contributed by atoms with E-state index < -0.39 is 0 Å². The Morgan fingerprint density at radius 1 is 0.806 bits per heavy atom. The number of hydrogen-bond acceptors (Lipinski definition) is 3. The second kappa shape index (κ2) is 7.58. The molecule has 0 radical (unpaired) electrons. The van der Waals surface area contributed by atoms with Crippen molar-refractivity contribution in [2.75, 3.05) is 5.32 Å². The van der Waals surface area contributed by atoms with Gasteiger partial charge in [-0.25, -0.2) is 0 Å². The zero-order chi connectivity index (χ0) is 21.4. The van der Waals surface area contributed by atoms with Crippen LogP contribution in [0.25, 0.3) is 33.1 Å². The minimum atomic E-state index is -0.196. The Bertz CT molecular complexity index is 1490. The van der Waals surface area contributed by atoms with Gasteiger partial charge in [-0.15, -0.1) is 0 Å². The molecule has 1 heterocycles. The second-order valence-electron chi connectivity index (χ2n) is 7.53. The minimum absolute atomic E-state index is 0.0854. The smallest absolute Gasteiger partial charge is 0.255 e. The Morgan fingerprint density at radius 2 is 1.58 bits per heavy atom. The van der Waals surface area contributed by atoms with Gasteiger partial charge in [0, 0.05) is 28.3 Å². The summed E-state index contributed by atoms with van der Waals surface area (Å²) in [4.78, 5) is 25.3. The van der Waals surface area contributed by atoms with Gasteiger partial charge in [-0.2, -0.15) is 0 Å². The molecule has 5 rings (SSSR count). The molecule has 0 spiro atoms. The molecule has 150 valence electrons. The maximum absolute atomic E-state index is 12.8. The summed E-state index contributed by atoms with van der Waals surface area (Å²) in [7, 11) is 0. The summed E-state index contributed by atoms with van der Waals surface area (Å²) in [6.45, 7) is 1.94. The highest BCUT2D eigenvalue weighted by Gasteiger charge is 2.11. The molecule has 4 nitrogen and oxygen atoms in total. The number of rotatable bonds is 3. The summed E-state index contributed by atoms with van der Waals surface area (Å²) in [5.41, 5.74) is 3.50. The Labute approximate surface area is 178 Å². The zero-order valence-corrected chi connectivity index (χ0v) is 16.9. The van der Waals surface area contributed by atoms with E-state index in [1.165, 1.54) is 6.07 Å². The van der Waals surface area contributed by atoms with Crippen LogP contribution < -0.4 is 10.7 Å². The average Bonchev–Trinajstić information content (AvgIpc) is 2.80. The molecule has 0 saturated carbocycles. The van der Waals surface area contributed by atoms with E-state index in [0.29, 0.717) is 22.3 Å². The lowest BCUT2D eigenvalue weighted by Crippen LogP contribution is -2.12. The molecule has 1 amide bonds. The monoisotopic (exact) mass is 405 g/mol. The number of nitrogens with one attached hydrogen (secondary N) is 1. The molecule has 1 aromatic heterocycles. The number of aryl methyl sites for hydroxylation is 1. The molecule has 4 aromatic carbocycles. The summed E-state index contributed by atoms with van der Waals surface area (Å²) in [5.74, 6) is 0.278. The van der Waals surface area contributed by atoms with E-state index in [1.54, 1.807) is 24.3 Å². The predicted octanol–water partition coefficient (Wildman–Crippen LogP) is 6.17. The first-order valence-electron chi connectivity index (χ1n) is 10.0. The van der Waals surface area contributed by atoms with Crippen molar-refractivity contribution in [1.29, 1.82) is 0 Å². The fourth-order valence-electron chi connectivity index (χ4n) is 3.73. The molecule has 0 fully saturated rings. The van der Waals surface area contributed by atoms with Gasteiger partial charge < -0.3 is 9.73 Å². The Kier molecular flexibility index (Phi) is 4.60. The van der Waals surface area contributed by atoms with Crippen LogP contribution in [-0.2, 0) is 0 Å². The minimum Gasteiger partial charge on any atom is -0.456 e.